The van der Waals surface area contributed by atoms with E-state index >= 15 is 0 Å². The summed E-state index contributed by atoms with van der Waals surface area (Å²) in [7, 11) is -2.45. The molecule has 1 amide bonds. The van der Waals surface area contributed by atoms with Crippen molar-refractivity contribution in [2.45, 2.75) is 124 Å². The minimum atomic E-state index is -1.26. The molecule has 3 aromatic rings. The normalized spacial score (nSPS) is 19.8. The molecule has 1 fully saturated rings. The van der Waals surface area contributed by atoms with Gasteiger partial charge in [-0.15, -0.1) is 0 Å². The van der Waals surface area contributed by atoms with Gasteiger partial charge in [-0.3, -0.25) is 9.88 Å². The Kier molecular flexibility index (Phi) is 9.24. The minimum absolute atomic E-state index is 0.360. The van der Waals surface area contributed by atoms with E-state index in [4.69, 9.17) is 24.3 Å². The van der Waals surface area contributed by atoms with Crippen LogP contribution in [-0.2, 0) is 40.5 Å². The number of nitrogens with zero attached hydrogens (tertiary/aromatic N) is 4. The van der Waals surface area contributed by atoms with Crippen molar-refractivity contribution < 1.29 is 19.0 Å². The fourth-order valence-corrected chi connectivity index (χ4v) is 7.68. The van der Waals surface area contributed by atoms with Gasteiger partial charge in [-0.25, -0.2) is 14.5 Å². The molecule has 2 aromatic heterocycles. The highest BCUT2D eigenvalue weighted by Crippen LogP contribution is 2.60. The summed E-state index contributed by atoms with van der Waals surface area (Å²) >= 11 is 0. The standard InChI is InChI=1S/C34H55N5O4Si2/c1-23-16-25(35-32(40)43-33(2,3)4)18-27-29(23)36-31(38(27)21-41-12-14-44(6,7)8)30-26-17-24-19-34(24,5)20-28(26)39(37-30)22-42-13-15-45(9,10)11/h16,18,24H,12-15,17,19-22H2,1-11H3,(H,35,40)/t24-,34-/m1/s1. The van der Waals surface area contributed by atoms with Gasteiger partial charge in [0.05, 0.1) is 11.0 Å². The van der Waals surface area contributed by atoms with Crippen molar-refractivity contribution in [3.8, 4) is 11.5 Å². The van der Waals surface area contributed by atoms with Crippen LogP contribution in [0.2, 0.25) is 51.4 Å². The minimum Gasteiger partial charge on any atom is -0.444 e. The molecule has 2 atom stereocenters. The highest BCUT2D eigenvalue weighted by molar-refractivity contribution is 6.76. The third kappa shape index (κ3) is 8.28. The van der Waals surface area contributed by atoms with Gasteiger partial charge in [-0.2, -0.15) is 5.10 Å². The van der Waals surface area contributed by atoms with Crippen LogP contribution in [-0.4, -0.2) is 60.4 Å². The first-order valence-corrected chi connectivity index (χ1v) is 24.0. The zero-order chi connectivity index (χ0) is 32.9. The van der Waals surface area contributed by atoms with Gasteiger partial charge in [-0.1, -0.05) is 46.2 Å². The molecule has 2 aliphatic rings. The zero-order valence-electron chi connectivity index (χ0n) is 29.5. The summed E-state index contributed by atoms with van der Waals surface area (Å²) in [6.07, 6.45) is 2.81. The van der Waals surface area contributed by atoms with E-state index in [1.54, 1.807) is 0 Å². The molecule has 45 heavy (non-hydrogen) atoms. The number of imidazole rings is 1. The predicted molar refractivity (Wildman–Crippen MR) is 187 cm³/mol. The summed E-state index contributed by atoms with van der Waals surface area (Å²) in [5.41, 5.74) is 6.72. The van der Waals surface area contributed by atoms with Gasteiger partial charge in [0.25, 0.3) is 0 Å². The number of fused-ring (bicyclic) bond motifs is 3. The lowest BCUT2D eigenvalue weighted by molar-refractivity contribution is 0.0636. The fourth-order valence-electron chi connectivity index (χ4n) is 6.16. The van der Waals surface area contributed by atoms with Crippen LogP contribution in [0.3, 0.4) is 0 Å². The number of benzene rings is 1. The molecule has 9 nitrogen and oxygen atoms in total. The van der Waals surface area contributed by atoms with Crippen molar-refractivity contribution in [3.63, 3.8) is 0 Å². The van der Waals surface area contributed by atoms with Crippen LogP contribution in [0.1, 0.15) is 50.9 Å². The van der Waals surface area contributed by atoms with Gasteiger partial charge in [0.15, 0.2) is 5.82 Å². The number of amides is 1. The van der Waals surface area contributed by atoms with Crippen molar-refractivity contribution in [1.29, 1.82) is 0 Å². The number of rotatable bonds is 12. The van der Waals surface area contributed by atoms with Crippen LogP contribution in [0, 0.1) is 18.3 Å². The number of carbonyl (C=O) groups is 1. The number of nitrogens with one attached hydrogen (secondary N) is 1. The Hall–Kier alpha value is -2.48. The van der Waals surface area contributed by atoms with Crippen LogP contribution in [0.25, 0.3) is 22.6 Å². The first-order valence-electron chi connectivity index (χ1n) is 16.6. The van der Waals surface area contributed by atoms with E-state index < -0.39 is 27.8 Å². The summed E-state index contributed by atoms with van der Waals surface area (Å²) < 4.78 is 22.4. The maximum Gasteiger partial charge on any atom is 0.412 e. The number of carbonyl (C=O) groups excluding carboxylic acids is 1. The Morgan fingerprint density at radius 2 is 1.69 bits per heavy atom. The topological polar surface area (TPSA) is 92.4 Å². The van der Waals surface area contributed by atoms with Crippen LogP contribution in [0.5, 0.6) is 0 Å². The molecule has 0 spiro atoms. The zero-order valence-corrected chi connectivity index (χ0v) is 31.5. The van der Waals surface area contributed by atoms with Crippen molar-refractivity contribution in [3.05, 3.63) is 29.0 Å². The molecule has 0 radical (unpaired) electrons. The molecular weight excluding hydrogens is 599 g/mol. The summed E-state index contributed by atoms with van der Waals surface area (Å²) in [5, 5.41) is 8.16. The lowest BCUT2D eigenvalue weighted by Gasteiger charge is -2.21. The van der Waals surface area contributed by atoms with E-state index in [0.29, 0.717) is 37.1 Å². The van der Waals surface area contributed by atoms with E-state index in [2.05, 4.69) is 60.8 Å². The van der Waals surface area contributed by atoms with E-state index in [1.807, 2.05) is 39.8 Å². The first kappa shape index (κ1) is 33.9. The maximum absolute atomic E-state index is 12.7. The molecule has 1 aromatic carbocycles. The third-order valence-electron chi connectivity index (χ3n) is 9.05. The van der Waals surface area contributed by atoms with Crippen LogP contribution >= 0.6 is 0 Å². The Labute approximate surface area is 271 Å². The lowest BCUT2D eigenvalue weighted by atomic mass is 9.87. The van der Waals surface area contributed by atoms with Crippen LogP contribution < -0.4 is 5.32 Å². The first-order chi connectivity index (χ1) is 20.8. The number of hydrogen-bond acceptors (Lipinski definition) is 6. The van der Waals surface area contributed by atoms with Crippen molar-refractivity contribution in [2.75, 3.05) is 18.5 Å². The molecular formula is C34H55N5O4Si2. The highest BCUT2D eigenvalue weighted by atomic mass is 28.3. The molecule has 5 rings (SSSR count). The maximum atomic E-state index is 12.7. The number of hydrogen-bond donors (Lipinski definition) is 1. The molecule has 1 saturated carbocycles. The van der Waals surface area contributed by atoms with Crippen molar-refractivity contribution >= 4 is 39.0 Å². The van der Waals surface area contributed by atoms with E-state index in [1.165, 1.54) is 17.7 Å². The lowest BCUT2D eigenvalue weighted by Crippen LogP contribution is -2.27. The van der Waals surface area contributed by atoms with E-state index in [-0.39, 0.29) is 0 Å². The predicted octanol–water partition coefficient (Wildman–Crippen LogP) is 8.30. The van der Waals surface area contributed by atoms with E-state index in [0.717, 1.165) is 59.7 Å². The van der Waals surface area contributed by atoms with Gasteiger partial charge in [0, 0.05) is 46.3 Å². The Morgan fingerprint density at radius 3 is 2.31 bits per heavy atom. The molecule has 0 aliphatic heterocycles. The molecule has 0 unspecified atom stereocenters. The SMILES string of the molecule is Cc1cc(NC(=O)OC(C)(C)C)cc2c1nc(-c1nn(COCC[Si](C)(C)C)c3c1C[C@@H]1C[C@]1(C)C3)n2COCC[Si](C)(C)C. The van der Waals surface area contributed by atoms with Gasteiger partial charge >= 0.3 is 6.09 Å². The van der Waals surface area contributed by atoms with E-state index in [9.17, 15) is 4.79 Å². The second kappa shape index (κ2) is 12.3. The molecule has 0 saturated heterocycles. The molecule has 248 valence electrons. The van der Waals surface area contributed by atoms with Gasteiger partial charge in [0.2, 0.25) is 0 Å². The largest absolute Gasteiger partial charge is 0.444 e. The highest BCUT2D eigenvalue weighted by Gasteiger charge is 2.54. The Morgan fingerprint density at radius 1 is 1.04 bits per heavy atom. The van der Waals surface area contributed by atoms with Crippen molar-refractivity contribution in [2.24, 2.45) is 11.3 Å². The third-order valence-corrected chi connectivity index (χ3v) is 12.5. The molecule has 1 N–H and O–H groups in total. The molecule has 0 bridgehead atoms. The van der Waals surface area contributed by atoms with Gasteiger partial charge in [0.1, 0.15) is 24.8 Å². The smallest absolute Gasteiger partial charge is 0.412 e. The quantitative estimate of drug-likeness (QED) is 0.156. The molecule has 2 heterocycles. The number of aryl methyl sites for hydroxylation is 1. The summed E-state index contributed by atoms with van der Waals surface area (Å²) in [5.74, 6) is 1.50. The average molecular weight is 654 g/mol. The van der Waals surface area contributed by atoms with Gasteiger partial charge in [-0.05, 0) is 88.1 Å². The Bertz CT molecular complexity index is 1560. The molecule has 11 heteroatoms. The summed E-state index contributed by atoms with van der Waals surface area (Å²) in [6, 6.07) is 6.14. The number of ether oxygens (including phenoxy) is 3. The second-order valence-electron chi connectivity index (χ2n) is 17.1. The number of aromatic nitrogens is 4. The van der Waals surface area contributed by atoms with Crippen LogP contribution in [0.15, 0.2) is 12.1 Å². The average Bonchev–Trinajstić information content (AvgIpc) is 3.23. The molecule has 2 aliphatic carbocycles. The summed E-state index contributed by atoms with van der Waals surface area (Å²) in [6.45, 7) is 26.5. The monoisotopic (exact) mass is 653 g/mol. The fraction of sp³-hybridized carbons (Fsp3) is 0.676. The Balaban J connectivity index is 1.54. The van der Waals surface area contributed by atoms with Crippen LogP contribution in [0.4, 0.5) is 10.5 Å². The summed E-state index contributed by atoms with van der Waals surface area (Å²) in [4.78, 5) is 17.9. The van der Waals surface area contributed by atoms with Gasteiger partial charge < -0.3 is 14.2 Å². The van der Waals surface area contributed by atoms with Crippen molar-refractivity contribution in [1.82, 2.24) is 19.3 Å². The number of anilines is 1. The second-order valence-corrected chi connectivity index (χ2v) is 28.3.